The quantitative estimate of drug-likeness (QED) is 0.406. The van der Waals surface area contributed by atoms with Gasteiger partial charge in [-0.3, -0.25) is 9.59 Å². The Kier molecular flexibility index (Phi) is 7.74. The van der Waals surface area contributed by atoms with Crippen molar-refractivity contribution < 1.29 is 40.7 Å². The van der Waals surface area contributed by atoms with E-state index in [-0.39, 0.29) is 49.4 Å². The molecule has 3 atom stereocenters. The third-order valence-electron chi connectivity index (χ3n) is 7.47. The molecule has 1 heterocycles. The average Bonchev–Trinajstić information content (AvgIpc) is 3.73. The molecule has 1 aliphatic heterocycles. The van der Waals surface area contributed by atoms with Gasteiger partial charge in [0.15, 0.2) is 0 Å². The molecule has 2 aromatic carbocycles. The highest BCUT2D eigenvalue weighted by atomic mass is 19.4. The Bertz CT molecular complexity index is 1170. The summed E-state index contributed by atoms with van der Waals surface area (Å²) < 4.78 is 86.0. The topological polar surface area (TPSA) is 93.4 Å². The molecule has 2 fully saturated rings. The van der Waals surface area contributed by atoms with Crippen LogP contribution in [0, 0.1) is 5.92 Å². The van der Waals surface area contributed by atoms with Crippen molar-refractivity contribution in [1.82, 2.24) is 10.6 Å². The number of ether oxygens (including phenoxy) is 1. The van der Waals surface area contributed by atoms with E-state index in [9.17, 15) is 35.9 Å². The standard InChI is InChI=1S/C27H29F6N3O3/c1-16(18-11-20(26(28,29)30)13-21(12-18)27(31,32)33)39-15-25(19-5-3-2-4-6-19)10-9-24(14-35-25,23(34)38)36-22(37)17-7-8-17/h2-6,11-13,16-17,35H,7-10,14-15H2,1H3,(H2,34,38)(H,36,37)/t16-,24+,25-/m1/s1. The summed E-state index contributed by atoms with van der Waals surface area (Å²) >= 11 is 0. The van der Waals surface area contributed by atoms with Gasteiger partial charge in [0.25, 0.3) is 0 Å². The highest BCUT2D eigenvalue weighted by molar-refractivity contribution is 5.92. The van der Waals surface area contributed by atoms with Gasteiger partial charge in [-0.25, -0.2) is 0 Å². The summed E-state index contributed by atoms with van der Waals surface area (Å²) in [6.07, 6.45) is -9.22. The lowest BCUT2D eigenvalue weighted by molar-refractivity contribution is -0.143. The molecule has 4 rings (SSSR count). The van der Waals surface area contributed by atoms with Crippen LogP contribution in [0.5, 0.6) is 0 Å². The molecular weight excluding hydrogens is 528 g/mol. The fourth-order valence-electron chi connectivity index (χ4n) is 4.77. The summed E-state index contributed by atoms with van der Waals surface area (Å²) in [6.45, 7) is 1.21. The van der Waals surface area contributed by atoms with Gasteiger partial charge in [-0.2, -0.15) is 26.3 Å². The SMILES string of the molecule is C[C@@H](OC[C@@]1(c2ccccc2)CC[C@@](NC(=O)C2CC2)(C(N)=O)CN1)c1cc(C(F)(F)F)cc(C(F)(F)F)c1. The zero-order chi connectivity index (χ0) is 28.6. The monoisotopic (exact) mass is 557 g/mol. The third kappa shape index (κ3) is 6.38. The molecule has 2 amide bonds. The number of piperidine rings is 1. The Balaban J connectivity index is 1.58. The van der Waals surface area contributed by atoms with E-state index in [1.807, 2.05) is 0 Å². The van der Waals surface area contributed by atoms with Crippen LogP contribution in [-0.2, 0) is 32.2 Å². The molecule has 0 spiro atoms. The number of carbonyl (C=O) groups excluding carboxylic acids is 2. The number of carbonyl (C=O) groups is 2. The summed E-state index contributed by atoms with van der Waals surface area (Å²) in [5, 5.41) is 6.05. The number of hydrogen-bond acceptors (Lipinski definition) is 4. The molecular formula is C27H29F6N3O3. The van der Waals surface area contributed by atoms with E-state index in [1.165, 1.54) is 6.92 Å². The van der Waals surface area contributed by atoms with Crippen molar-refractivity contribution in [1.29, 1.82) is 0 Å². The molecule has 212 valence electrons. The summed E-state index contributed by atoms with van der Waals surface area (Å²) in [5.74, 6) is -1.11. The lowest BCUT2D eigenvalue weighted by Crippen LogP contribution is -2.69. The summed E-state index contributed by atoms with van der Waals surface area (Å²) in [7, 11) is 0. The predicted octanol–water partition coefficient (Wildman–Crippen LogP) is 4.83. The minimum Gasteiger partial charge on any atom is -0.372 e. The van der Waals surface area contributed by atoms with Gasteiger partial charge < -0.3 is 21.1 Å². The number of amides is 2. The second kappa shape index (κ2) is 10.5. The van der Waals surface area contributed by atoms with Crippen LogP contribution < -0.4 is 16.4 Å². The van der Waals surface area contributed by atoms with E-state index in [2.05, 4.69) is 10.6 Å². The summed E-state index contributed by atoms with van der Waals surface area (Å²) in [4.78, 5) is 24.9. The maximum absolute atomic E-state index is 13.4. The van der Waals surface area contributed by atoms with Crippen LogP contribution in [0.25, 0.3) is 0 Å². The van der Waals surface area contributed by atoms with Crippen LogP contribution >= 0.6 is 0 Å². The van der Waals surface area contributed by atoms with Crippen LogP contribution in [0.1, 0.15) is 61.0 Å². The van der Waals surface area contributed by atoms with E-state index < -0.39 is 46.6 Å². The second-order valence-corrected chi connectivity index (χ2v) is 10.3. The van der Waals surface area contributed by atoms with Crippen molar-refractivity contribution in [3.05, 3.63) is 70.8 Å². The number of rotatable bonds is 8. The Hall–Kier alpha value is -3.12. The maximum atomic E-state index is 13.4. The normalized spacial score (nSPS) is 24.7. The van der Waals surface area contributed by atoms with E-state index in [1.54, 1.807) is 30.3 Å². The number of halogens is 6. The smallest absolute Gasteiger partial charge is 0.372 e. The van der Waals surface area contributed by atoms with Crippen LogP contribution in [0.4, 0.5) is 26.3 Å². The number of benzene rings is 2. The first kappa shape index (κ1) is 28.9. The van der Waals surface area contributed by atoms with Gasteiger partial charge in [-0.05, 0) is 61.9 Å². The lowest BCUT2D eigenvalue weighted by atomic mass is 9.76. The molecule has 6 nitrogen and oxygen atoms in total. The van der Waals surface area contributed by atoms with Gasteiger partial charge in [0.2, 0.25) is 11.8 Å². The fraction of sp³-hybridized carbons (Fsp3) is 0.481. The van der Waals surface area contributed by atoms with Gasteiger partial charge in [-0.1, -0.05) is 30.3 Å². The Morgan fingerprint density at radius 1 is 1.03 bits per heavy atom. The first-order valence-electron chi connectivity index (χ1n) is 12.5. The van der Waals surface area contributed by atoms with Crippen molar-refractivity contribution in [2.24, 2.45) is 11.7 Å². The van der Waals surface area contributed by atoms with Gasteiger partial charge in [0.1, 0.15) is 5.54 Å². The van der Waals surface area contributed by atoms with Crippen molar-refractivity contribution in [2.75, 3.05) is 13.2 Å². The van der Waals surface area contributed by atoms with Crippen LogP contribution in [0.3, 0.4) is 0 Å². The second-order valence-electron chi connectivity index (χ2n) is 10.3. The zero-order valence-electron chi connectivity index (χ0n) is 21.1. The summed E-state index contributed by atoms with van der Waals surface area (Å²) in [6, 6.07) is 10.3. The largest absolute Gasteiger partial charge is 0.416 e. The van der Waals surface area contributed by atoms with E-state index >= 15 is 0 Å². The van der Waals surface area contributed by atoms with E-state index in [0.29, 0.717) is 12.1 Å². The lowest BCUT2D eigenvalue weighted by Gasteiger charge is -2.46. The molecule has 1 saturated carbocycles. The van der Waals surface area contributed by atoms with Crippen molar-refractivity contribution >= 4 is 11.8 Å². The highest BCUT2D eigenvalue weighted by Gasteiger charge is 2.49. The molecule has 1 saturated heterocycles. The van der Waals surface area contributed by atoms with Crippen molar-refractivity contribution in [3.8, 4) is 0 Å². The van der Waals surface area contributed by atoms with Gasteiger partial charge in [-0.15, -0.1) is 0 Å². The number of primary amides is 1. The number of alkyl halides is 6. The predicted molar refractivity (Wildman–Crippen MR) is 129 cm³/mol. The molecule has 2 aliphatic rings. The van der Waals surface area contributed by atoms with Crippen LogP contribution in [0.15, 0.2) is 48.5 Å². The van der Waals surface area contributed by atoms with Crippen molar-refractivity contribution in [2.45, 2.75) is 62.1 Å². The number of nitrogens with two attached hydrogens (primary N) is 1. The van der Waals surface area contributed by atoms with Crippen molar-refractivity contribution in [3.63, 3.8) is 0 Å². The molecule has 12 heteroatoms. The maximum Gasteiger partial charge on any atom is 0.416 e. The molecule has 0 aromatic heterocycles. The average molecular weight is 558 g/mol. The Morgan fingerprint density at radius 2 is 1.62 bits per heavy atom. The zero-order valence-corrected chi connectivity index (χ0v) is 21.1. The minimum atomic E-state index is -4.98. The molecule has 4 N–H and O–H groups in total. The molecule has 1 aliphatic carbocycles. The summed E-state index contributed by atoms with van der Waals surface area (Å²) in [5.41, 5.74) is 1.01. The Morgan fingerprint density at radius 3 is 2.08 bits per heavy atom. The van der Waals surface area contributed by atoms with Crippen LogP contribution in [-0.4, -0.2) is 30.5 Å². The molecule has 0 bridgehead atoms. The van der Waals surface area contributed by atoms with Gasteiger partial charge >= 0.3 is 12.4 Å². The highest BCUT2D eigenvalue weighted by Crippen LogP contribution is 2.40. The fourth-order valence-corrected chi connectivity index (χ4v) is 4.77. The molecule has 0 radical (unpaired) electrons. The first-order valence-corrected chi connectivity index (χ1v) is 12.5. The van der Waals surface area contributed by atoms with Gasteiger partial charge in [0.05, 0.1) is 29.4 Å². The molecule has 2 aromatic rings. The number of hydrogen-bond donors (Lipinski definition) is 3. The minimum absolute atomic E-state index is 0.0325. The third-order valence-corrected chi connectivity index (χ3v) is 7.47. The first-order chi connectivity index (χ1) is 18.2. The molecule has 39 heavy (non-hydrogen) atoms. The van der Waals surface area contributed by atoms with Gasteiger partial charge in [0, 0.05) is 12.5 Å². The Labute approximate surface area is 221 Å². The van der Waals surface area contributed by atoms with Crippen LogP contribution in [0.2, 0.25) is 0 Å². The molecule has 0 unspecified atom stereocenters. The van der Waals surface area contributed by atoms with E-state index in [0.717, 1.165) is 18.4 Å². The van der Waals surface area contributed by atoms with E-state index in [4.69, 9.17) is 10.5 Å². The number of nitrogens with one attached hydrogen (secondary N) is 2.